The molecule has 2 rings (SSSR count). The van der Waals surface area contributed by atoms with Crippen LogP contribution in [-0.2, 0) is 17.2 Å². The monoisotopic (exact) mass is 265 g/mol. The van der Waals surface area contributed by atoms with Gasteiger partial charge in [-0.2, -0.15) is 0 Å². The van der Waals surface area contributed by atoms with Gasteiger partial charge in [-0.15, -0.1) is 0 Å². The summed E-state index contributed by atoms with van der Waals surface area (Å²) in [5.74, 6) is 0. The summed E-state index contributed by atoms with van der Waals surface area (Å²) in [5.41, 5.74) is 0.928. The third-order valence-corrected chi connectivity index (χ3v) is 3.02. The molecule has 0 aliphatic carbocycles. The highest BCUT2D eigenvalue weighted by atomic mass is 32.2. The van der Waals surface area contributed by atoms with Crippen LogP contribution in [0.4, 0.5) is 0 Å². The van der Waals surface area contributed by atoms with E-state index in [2.05, 4.69) is 0 Å². The molecule has 0 amide bonds. The first-order valence-electron chi connectivity index (χ1n) is 5.32. The van der Waals surface area contributed by atoms with Gasteiger partial charge in [-0.1, -0.05) is 23.8 Å². The molecule has 0 bridgehead atoms. The zero-order chi connectivity index (χ0) is 13.6. The summed E-state index contributed by atoms with van der Waals surface area (Å²) < 4.78 is 33.2. The summed E-state index contributed by atoms with van der Waals surface area (Å²) in [5, 5.41) is 0. The highest BCUT2D eigenvalue weighted by molar-refractivity contribution is 7.85. The lowest BCUT2D eigenvalue weighted by molar-refractivity contribution is -0.671. The van der Waals surface area contributed by atoms with E-state index in [0.29, 0.717) is 0 Å². The molecule has 96 valence electrons. The summed E-state index contributed by atoms with van der Waals surface area (Å²) in [7, 11) is -2.27. The molecule has 5 heteroatoms. The largest absolute Gasteiger partial charge is 0.744 e. The second-order valence-electron chi connectivity index (χ2n) is 3.81. The fourth-order valence-electron chi connectivity index (χ4n) is 1.19. The molecule has 0 N–H and O–H groups in total. The Morgan fingerprint density at radius 1 is 1.00 bits per heavy atom. The minimum absolute atomic E-state index is 0.178. The topological polar surface area (TPSA) is 61.1 Å². The Labute approximate surface area is 107 Å². The Hall–Kier alpha value is -1.72. The minimum atomic E-state index is -4.27. The zero-order valence-electron chi connectivity index (χ0n) is 10.3. The molecule has 18 heavy (non-hydrogen) atoms. The van der Waals surface area contributed by atoms with Crippen LogP contribution < -0.4 is 4.57 Å². The number of rotatable bonds is 1. The van der Waals surface area contributed by atoms with Gasteiger partial charge in [-0.25, -0.2) is 13.0 Å². The third-order valence-electron chi connectivity index (χ3n) is 2.17. The Morgan fingerprint density at radius 3 is 1.83 bits per heavy atom. The highest BCUT2D eigenvalue weighted by Crippen LogP contribution is 2.08. The van der Waals surface area contributed by atoms with E-state index >= 15 is 0 Å². The maximum atomic E-state index is 10.4. The predicted octanol–water partition coefficient (Wildman–Crippen LogP) is 1.41. The molecule has 0 aliphatic rings. The number of aryl methyl sites for hydroxylation is 2. The van der Waals surface area contributed by atoms with Gasteiger partial charge >= 0.3 is 0 Å². The molecule has 1 aromatic heterocycles. The van der Waals surface area contributed by atoms with Gasteiger partial charge in [-0.3, -0.25) is 0 Å². The molecule has 0 radical (unpaired) electrons. The van der Waals surface area contributed by atoms with E-state index in [1.54, 1.807) is 12.1 Å². The predicted molar refractivity (Wildman–Crippen MR) is 66.8 cm³/mol. The summed E-state index contributed by atoms with van der Waals surface area (Å²) >= 11 is 0. The fraction of sp³-hybridized carbons (Fsp3) is 0.154. The molecule has 0 unspecified atom stereocenters. The molecule has 0 atom stereocenters. The van der Waals surface area contributed by atoms with Crippen LogP contribution >= 0.6 is 0 Å². The van der Waals surface area contributed by atoms with Crippen molar-refractivity contribution in [3.63, 3.8) is 0 Å². The van der Waals surface area contributed by atoms with E-state index < -0.39 is 10.1 Å². The lowest BCUT2D eigenvalue weighted by Gasteiger charge is -2.05. The van der Waals surface area contributed by atoms with Crippen LogP contribution in [-0.4, -0.2) is 13.0 Å². The third kappa shape index (κ3) is 5.07. The van der Waals surface area contributed by atoms with E-state index in [1.807, 2.05) is 49.1 Å². The molecule has 0 fully saturated rings. The lowest BCUT2D eigenvalue weighted by Crippen LogP contribution is -2.25. The Kier molecular flexibility index (Phi) is 5.00. The quantitative estimate of drug-likeness (QED) is 0.578. The van der Waals surface area contributed by atoms with Gasteiger partial charge in [-0.05, 0) is 19.1 Å². The second kappa shape index (κ2) is 6.28. The molecular weight excluding hydrogens is 250 g/mol. The van der Waals surface area contributed by atoms with Crippen molar-refractivity contribution in [2.45, 2.75) is 11.8 Å². The first-order chi connectivity index (χ1) is 8.39. The average Bonchev–Trinajstić information content (AvgIpc) is 2.30. The first kappa shape index (κ1) is 14.3. The van der Waals surface area contributed by atoms with Crippen molar-refractivity contribution in [1.29, 1.82) is 0 Å². The van der Waals surface area contributed by atoms with E-state index in [0.717, 1.165) is 5.56 Å². The number of benzene rings is 1. The van der Waals surface area contributed by atoms with Gasteiger partial charge in [0.25, 0.3) is 0 Å². The van der Waals surface area contributed by atoms with Crippen LogP contribution in [0.3, 0.4) is 0 Å². The molecule has 0 saturated heterocycles. The van der Waals surface area contributed by atoms with Gasteiger partial charge in [0.1, 0.15) is 17.2 Å². The number of aromatic nitrogens is 1. The van der Waals surface area contributed by atoms with Crippen molar-refractivity contribution in [2.75, 3.05) is 0 Å². The van der Waals surface area contributed by atoms with Crippen molar-refractivity contribution in [3.05, 3.63) is 60.4 Å². The van der Waals surface area contributed by atoms with Crippen LogP contribution in [0.5, 0.6) is 0 Å². The van der Waals surface area contributed by atoms with Gasteiger partial charge in [0, 0.05) is 12.1 Å². The SMILES string of the molecule is C[n+]1ccccc1.Cc1ccc(S(=O)(=O)[O-])cc1. The van der Waals surface area contributed by atoms with Gasteiger partial charge < -0.3 is 4.55 Å². The average molecular weight is 265 g/mol. The van der Waals surface area contributed by atoms with Crippen LogP contribution in [0, 0.1) is 6.92 Å². The maximum Gasteiger partial charge on any atom is 0.168 e. The van der Waals surface area contributed by atoms with E-state index in [1.165, 1.54) is 12.1 Å². The van der Waals surface area contributed by atoms with E-state index in [-0.39, 0.29) is 4.90 Å². The molecule has 0 saturated carbocycles. The van der Waals surface area contributed by atoms with Crippen LogP contribution in [0.25, 0.3) is 0 Å². The molecule has 1 aromatic carbocycles. The molecule has 0 aliphatic heterocycles. The molecular formula is C13H15NO3S. The number of pyridine rings is 1. The van der Waals surface area contributed by atoms with Crippen molar-refractivity contribution < 1.29 is 17.5 Å². The Morgan fingerprint density at radius 2 is 1.50 bits per heavy atom. The fourth-order valence-corrected chi connectivity index (χ4v) is 1.66. The number of hydrogen-bond donors (Lipinski definition) is 0. The standard InChI is InChI=1S/C7H8O3S.C6H8N/c1-6-2-4-7(5-3-6)11(8,9)10;1-7-5-3-2-4-6-7/h2-5H,1H3,(H,8,9,10);2-6H,1H3/q;+1/p-1. The highest BCUT2D eigenvalue weighted by Gasteiger charge is 1.97. The van der Waals surface area contributed by atoms with Crippen LogP contribution in [0.1, 0.15) is 5.56 Å². The van der Waals surface area contributed by atoms with Crippen LogP contribution in [0.2, 0.25) is 0 Å². The van der Waals surface area contributed by atoms with Crippen molar-refractivity contribution in [2.24, 2.45) is 7.05 Å². The zero-order valence-corrected chi connectivity index (χ0v) is 11.1. The van der Waals surface area contributed by atoms with Crippen molar-refractivity contribution >= 4 is 10.1 Å². The van der Waals surface area contributed by atoms with Gasteiger partial charge in [0.05, 0.1) is 4.90 Å². The molecule has 0 spiro atoms. The molecule has 2 aromatic rings. The van der Waals surface area contributed by atoms with Crippen LogP contribution in [0.15, 0.2) is 59.8 Å². The van der Waals surface area contributed by atoms with E-state index in [9.17, 15) is 13.0 Å². The smallest absolute Gasteiger partial charge is 0.168 e. The number of nitrogens with zero attached hydrogens (tertiary/aromatic N) is 1. The summed E-state index contributed by atoms with van der Waals surface area (Å²) in [6, 6.07) is 11.8. The van der Waals surface area contributed by atoms with Gasteiger partial charge in [0.2, 0.25) is 0 Å². The Bertz CT molecular complexity index is 577. The number of hydrogen-bond acceptors (Lipinski definition) is 3. The molecule has 4 nitrogen and oxygen atoms in total. The van der Waals surface area contributed by atoms with Crippen molar-refractivity contribution in [3.8, 4) is 0 Å². The summed E-state index contributed by atoms with van der Waals surface area (Å²) in [6.07, 6.45) is 4.00. The normalized spacial score (nSPS) is 10.4. The van der Waals surface area contributed by atoms with Gasteiger partial charge in [0.15, 0.2) is 12.4 Å². The van der Waals surface area contributed by atoms with E-state index in [4.69, 9.17) is 0 Å². The molecule has 1 heterocycles. The Balaban J connectivity index is 0.000000199. The summed E-state index contributed by atoms with van der Waals surface area (Å²) in [4.78, 5) is -0.178. The van der Waals surface area contributed by atoms with Crippen molar-refractivity contribution in [1.82, 2.24) is 0 Å². The minimum Gasteiger partial charge on any atom is -0.744 e. The lowest BCUT2D eigenvalue weighted by atomic mass is 10.2. The summed E-state index contributed by atoms with van der Waals surface area (Å²) in [6.45, 7) is 1.82. The maximum absolute atomic E-state index is 10.4. The first-order valence-corrected chi connectivity index (χ1v) is 6.73. The second-order valence-corrected chi connectivity index (χ2v) is 5.19.